The first-order valence-corrected chi connectivity index (χ1v) is 9.29. The number of cyclic esters (lactones) is 1. The van der Waals surface area contributed by atoms with E-state index in [0.717, 1.165) is 12.1 Å². The maximum absolute atomic E-state index is 13.1. The van der Waals surface area contributed by atoms with Crippen LogP contribution in [0.15, 0.2) is 77.4 Å². The topological polar surface area (TPSA) is 134 Å². The lowest BCUT2D eigenvalue weighted by atomic mass is 10.1. The van der Waals surface area contributed by atoms with Gasteiger partial charge in [-0.1, -0.05) is 12.1 Å². The summed E-state index contributed by atoms with van der Waals surface area (Å²) in [6.45, 7) is 0. The number of nitrogens with zero attached hydrogens (tertiary/aromatic N) is 3. The average molecular weight is 449 g/mol. The Bertz CT molecular complexity index is 1350. The number of hydrogen-bond donors (Lipinski definition) is 0. The van der Waals surface area contributed by atoms with E-state index >= 15 is 0 Å². The Morgan fingerprint density at radius 2 is 1.73 bits per heavy atom. The fourth-order valence-corrected chi connectivity index (χ4v) is 2.93. The van der Waals surface area contributed by atoms with Crippen molar-refractivity contribution in [1.29, 1.82) is 0 Å². The van der Waals surface area contributed by atoms with Crippen molar-refractivity contribution in [2.75, 3.05) is 0 Å². The summed E-state index contributed by atoms with van der Waals surface area (Å²) in [4.78, 5) is 37.5. The van der Waals surface area contributed by atoms with Crippen LogP contribution in [0.1, 0.15) is 11.1 Å². The predicted octanol–water partition coefficient (Wildman–Crippen LogP) is 4.78. The molecule has 3 aromatic rings. The Kier molecular flexibility index (Phi) is 5.60. The summed E-state index contributed by atoms with van der Waals surface area (Å²) in [6.07, 6.45) is 1.28. The largest absolute Gasteiger partial charge is 0.450 e. The second-order valence-electron chi connectivity index (χ2n) is 6.68. The Balaban J connectivity index is 1.64. The highest BCUT2D eigenvalue weighted by atomic mass is 19.1. The molecule has 1 heterocycles. The molecule has 0 bridgehead atoms. The molecule has 11 heteroatoms. The zero-order valence-electron chi connectivity index (χ0n) is 16.5. The van der Waals surface area contributed by atoms with Crippen LogP contribution >= 0.6 is 0 Å². The SMILES string of the molecule is O=C1OC(c2cccc([N+](=O)[O-])c2)=NC1=Cc1ccc(Oc2ccc(F)cc2)c([N+](=O)[O-])c1. The number of benzene rings is 3. The van der Waals surface area contributed by atoms with E-state index in [1.807, 2.05) is 0 Å². The van der Waals surface area contributed by atoms with Crippen molar-refractivity contribution in [1.82, 2.24) is 0 Å². The van der Waals surface area contributed by atoms with Crippen molar-refractivity contribution in [3.05, 3.63) is 110 Å². The van der Waals surface area contributed by atoms with Crippen molar-refractivity contribution >= 4 is 29.3 Å². The molecule has 0 radical (unpaired) electrons. The summed E-state index contributed by atoms with van der Waals surface area (Å²) in [5.41, 5.74) is -0.226. The van der Waals surface area contributed by atoms with Gasteiger partial charge < -0.3 is 9.47 Å². The highest BCUT2D eigenvalue weighted by Crippen LogP contribution is 2.33. The molecule has 4 rings (SSSR count). The fraction of sp³-hybridized carbons (Fsp3) is 0. The minimum Gasteiger partial charge on any atom is -0.450 e. The molecule has 0 saturated heterocycles. The van der Waals surface area contributed by atoms with Gasteiger partial charge in [0.15, 0.2) is 5.70 Å². The van der Waals surface area contributed by atoms with Gasteiger partial charge in [0, 0.05) is 23.8 Å². The second kappa shape index (κ2) is 8.67. The maximum atomic E-state index is 13.1. The first-order chi connectivity index (χ1) is 15.8. The standard InChI is InChI=1S/C22H12FN3O7/c23-15-5-7-17(8-6-15)32-20-9-4-13(11-19(20)26(30)31)10-18-22(27)33-21(24-18)14-2-1-3-16(12-14)25(28)29/h1-12H. The van der Waals surface area contributed by atoms with E-state index in [9.17, 15) is 29.4 Å². The molecule has 0 aromatic heterocycles. The van der Waals surface area contributed by atoms with Crippen LogP contribution in [0.2, 0.25) is 0 Å². The Morgan fingerprint density at radius 3 is 2.42 bits per heavy atom. The molecule has 0 spiro atoms. The molecule has 0 amide bonds. The van der Waals surface area contributed by atoms with Crippen LogP contribution in [0.25, 0.3) is 6.08 Å². The molecule has 3 aromatic carbocycles. The normalized spacial score (nSPS) is 14.0. The van der Waals surface area contributed by atoms with Crippen LogP contribution in [-0.4, -0.2) is 21.7 Å². The molecule has 0 fully saturated rings. The number of nitro groups is 2. The van der Waals surface area contributed by atoms with Crippen LogP contribution in [0.3, 0.4) is 0 Å². The van der Waals surface area contributed by atoms with Crippen molar-refractivity contribution in [3.63, 3.8) is 0 Å². The summed E-state index contributed by atoms with van der Waals surface area (Å²) >= 11 is 0. The Hall–Kier alpha value is -4.93. The molecule has 1 aliphatic heterocycles. The number of hydrogen-bond acceptors (Lipinski definition) is 8. The molecule has 33 heavy (non-hydrogen) atoms. The molecule has 0 saturated carbocycles. The molecular weight excluding hydrogens is 437 g/mol. The van der Waals surface area contributed by atoms with E-state index in [-0.39, 0.29) is 45.6 Å². The van der Waals surface area contributed by atoms with Gasteiger partial charge in [0.2, 0.25) is 11.6 Å². The smallest absolute Gasteiger partial charge is 0.363 e. The molecule has 164 valence electrons. The van der Waals surface area contributed by atoms with Gasteiger partial charge in [0.25, 0.3) is 5.69 Å². The highest BCUT2D eigenvalue weighted by Gasteiger charge is 2.26. The summed E-state index contributed by atoms with van der Waals surface area (Å²) in [6, 6.07) is 14.4. The second-order valence-corrected chi connectivity index (χ2v) is 6.68. The van der Waals surface area contributed by atoms with Crippen LogP contribution in [0.5, 0.6) is 11.5 Å². The monoisotopic (exact) mass is 449 g/mol. The summed E-state index contributed by atoms with van der Waals surface area (Å²) < 4.78 is 23.6. The molecule has 10 nitrogen and oxygen atoms in total. The van der Waals surface area contributed by atoms with Gasteiger partial charge in [-0.15, -0.1) is 0 Å². The van der Waals surface area contributed by atoms with Gasteiger partial charge >= 0.3 is 11.7 Å². The molecule has 0 N–H and O–H groups in total. The molecular formula is C22H12FN3O7. The number of carbonyl (C=O) groups is 1. The van der Waals surface area contributed by atoms with Gasteiger partial charge in [0.1, 0.15) is 11.6 Å². The van der Waals surface area contributed by atoms with Crippen LogP contribution < -0.4 is 4.74 Å². The zero-order chi connectivity index (χ0) is 23.5. The lowest BCUT2D eigenvalue weighted by molar-refractivity contribution is -0.385. The zero-order valence-corrected chi connectivity index (χ0v) is 16.5. The predicted molar refractivity (Wildman–Crippen MR) is 113 cm³/mol. The maximum Gasteiger partial charge on any atom is 0.363 e. The number of ether oxygens (including phenoxy) is 2. The number of non-ortho nitro benzene ring substituents is 1. The average Bonchev–Trinajstić information content (AvgIpc) is 3.16. The number of aliphatic imine (C=N–C) groups is 1. The molecule has 0 aliphatic carbocycles. The van der Waals surface area contributed by atoms with Gasteiger partial charge in [-0.05, 0) is 48.0 Å². The Morgan fingerprint density at radius 1 is 0.970 bits per heavy atom. The molecule has 1 aliphatic rings. The van der Waals surface area contributed by atoms with Crippen molar-refractivity contribution in [2.45, 2.75) is 0 Å². The van der Waals surface area contributed by atoms with Gasteiger partial charge in [-0.25, -0.2) is 14.2 Å². The first-order valence-electron chi connectivity index (χ1n) is 9.29. The Labute approximate surface area is 184 Å². The van der Waals surface area contributed by atoms with E-state index < -0.39 is 21.6 Å². The molecule has 0 unspecified atom stereocenters. The fourth-order valence-electron chi connectivity index (χ4n) is 2.93. The summed E-state index contributed by atoms with van der Waals surface area (Å²) in [7, 11) is 0. The van der Waals surface area contributed by atoms with Crippen LogP contribution in [-0.2, 0) is 9.53 Å². The van der Waals surface area contributed by atoms with Crippen LogP contribution in [0.4, 0.5) is 15.8 Å². The number of halogens is 1. The van der Waals surface area contributed by atoms with Gasteiger partial charge in [-0.3, -0.25) is 20.2 Å². The van der Waals surface area contributed by atoms with Gasteiger partial charge in [0.05, 0.1) is 9.85 Å². The van der Waals surface area contributed by atoms with Crippen molar-refractivity contribution in [3.8, 4) is 11.5 Å². The third kappa shape index (κ3) is 4.71. The quantitative estimate of drug-likeness (QED) is 0.229. The highest BCUT2D eigenvalue weighted by molar-refractivity contribution is 6.13. The lowest BCUT2D eigenvalue weighted by Gasteiger charge is -2.07. The number of esters is 1. The van der Waals surface area contributed by atoms with E-state index in [0.29, 0.717) is 0 Å². The van der Waals surface area contributed by atoms with E-state index in [4.69, 9.17) is 9.47 Å². The van der Waals surface area contributed by atoms with Gasteiger partial charge in [-0.2, -0.15) is 0 Å². The van der Waals surface area contributed by atoms with Crippen molar-refractivity contribution in [2.24, 2.45) is 4.99 Å². The van der Waals surface area contributed by atoms with Crippen molar-refractivity contribution < 1.29 is 28.5 Å². The number of rotatable bonds is 6. The minimum absolute atomic E-state index is 0.0801. The van der Waals surface area contributed by atoms with Crippen LogP contribution in [0, 0.1) is 26.0 Å². The summed E-state index contributed by atoms with van der Waals surface area (Å²) in [5, 5.41) is 22.5. The third-order valence-electron chi connectivity index (χ3n) is 4.45. The first kappa shape index (κ1) is 21.3. The number of carbonyl (C=O) groups excluding carboxylic acids is 1. The molecule has 0 atom stereocenters. The van der Waals surface area contributed by atoms with E-state index in [1.165, 1.54) is 60.7 Å². The third-order valence-corrected chi connectivity index (χ3v) is 4.45. The lowest BCUT2D eigenvalue weighted by Crippen LogP contribution is -2.05. The summed E-state index contributed by atoms with van der Waals surface area (Å²) in [5.74, 6) is -1.29. The van der Waals surface area contributed by atoms with E-state index in [2.05, 4.69) is 4.99 Å². The number of nitro benzene ring substituents is 2. The minimum atomic E-state index is -0.814. The van der Waals surface area contributed by atoms with E-state index in [1.54, 1.807) is 0 Å².